The van der Waals surface area contributed by atoms with Gasteiger partial charge in [0, 0.05) is 18.7 Å². The van der Waals surface area contributed by atoms with Crippen molar-refractivity contribution in [3.8, 4) is 0 Å². The molecule has 4 atom stereocenters. The van der Waals surface area contributed by atoms with Gasteiger partial charge in [0.25, 0.3) is 10.0 Å². The van der Waals surface area contributed by atoms with E-state index in [0.717, 1.165) is 26.7 Å². The van der Waals surface area contributed by atoms with Gasteiger partial charge in [0.1, 0.15) is 0 Å². The van der Waals surface area contributed by atoms with Crippen molar-refractivity contribution in [1.29, 1.82) is 0 Å². The number of hydrogen-bond acceptors (Lipinski definition) is 4. The lowest BCUT2D eigenvalue weighted by Gasteiger charge is -2.54. The summed E-state index contributed by atoms with van der Waals surface area (Å²) in [5.74, 6) is -1.90. The molecule has 0 aromatic heterocycles. The van der Waals surface area contributed by atoms with Crippen LogP contribution in [0.15, 0.2) is 114 Å². The predicted octanol–water partition coefficient (Wildman–Crippen LogP) is 5.14. The summed E-state index contributed by atoms with van der Waals surface area (Å²) in [5, 5.41) is 0. The molecule has 1 saturated heterocycles. The molecule has 0 unspecified atom stereocenters. The Morgan fingerprint density at radius 3 is 2.02 bits per heavy atom. The number of carbonyl (C=O) groups excluding carboxylic acids is 2. The largest absolute Gasteiger partial charge is 0.314 e. The molecule has 3 aliphatic rings. The Morgan fingerprint density at radius 1 is 0.750 bits per heavy atom. The number of aryl methyl sites for hydroxylation is 1. The van der Waals surface area contributed by atoms with E-state index < -0.39 is 38.7 Å². The summed E-state index contributed by atoms with van der Waals surface area (Å²) in [7, 11) is -2.47. The first-order chi connectivity index (χ1) is 19.2. The molecular weight excluding hydrogens is 520 g/mol. The zero-order valence-corrected chi connectivity index (χ0v) is 23.0. The van der Waals surface area contributed by atoms with Crippen LogP contribution in [0, 0.1) is 12.8 Å². The Kier molecular flexibility index (Phi) is 5.20. The van der Waals surface area contributed by atoms with Gasteiger partial charge in [-0.1, -0.05) is 96.6 Å². The van der Waals surface area contributed by atoms with Gasteiger partial charge in [-0.05, 0) is 48.2 Å². The maximum absolute atomic E-state index is 14.5. The number of likely N-dealkylation sites (N-methyl/N-ethyl adjacent to an activating group) is 1. The van der Waals surface area contributed by atoms with Crippen molar-refractivity contribution in [3.63, 3.8) is 0 Å². The van der Waals surface area contributed by atoms with Gasteiger partial charge in [0.15, 0.2) is 0 Å². The highest BCUT2D eigenvalue weighted by atomic mass is 32.2. The van der Waals surface area contributed by atoms with Gasteiger partial charge in [-0.2, -0.15) is 0 Å². The number of fused-ring (bicyclic) bond motifs is 3. The summed E-state index contributed by atoms with van der Waals surface area (Å²) in [6.45, 7) is 1.89. The number of benzene rings is 4. The van der Waals surface area contributed by atoms with E-state index in [1.807, 2.05) is 91.9 Å². The lowest BCUT2D eigenvalue weighted by Crippen LogP contribution is -2.68. The molecule has 6 nitrogen and oxygen atoms in total. The van der Waals surface area contributed by atoms with Crippen LogP contribution in [0.3, 0.4) is 0 Å². The number of nitrogens with zero attached hydrogens (tertiary/aromatic N) is 2. The van der Waals surface area contributed by atoms with Crippen LogP contribution < -0.4 is 4.90 Å². The summed E-state index contributed by atoms with van der Waals surface area (Å²) >= 11 is 0. The molecule has 200 valence electrons. The number of sulfonamides is 1. The monoisotopic (exact) mass is 548 g/mol. The molecule has 0 N–H and O–H groups in total. The fraction of sp³-hybridized carbons (Fsp3) is 0.212. The summed E-state index contributed by atoms with van der Waals surface area (Å²) < 4.78 is 29.7. The number of β-lactam (4-membered cyclic amide) rings is 1. The molecule has 7 heteroatoms. The number of hydrogen-bond donors (Lipinski definition) is 0. The van der Waals surface area contributed by atoms with Crippen molar-refractivity contribution in [2.24, 2.45) is 5.92 Å². The van der Waals surface area contributed by atoms with Crippen molar-refractivity contribution < 1.29 is 18.0 Å². The maximum atomic E-state index is 14.5. The first-order valence-electron chi connectivity index (χ1n) is 13.4. The minimum absolute atomic E-state index is 0.0627. The highest BCUT2D eigenvalue weighted by Crippen LogP contribution is 2.72. The van der Waals surface area contributed by atoms with Gasteiger partial charge < -0.3 is 4.90 Å². The van der Waals surface area contributed by atoms with E-state index >= 15 is 0 Å². The lowest BCUT2D eigenvalue weighted by molar-refractivity contribution is -0.156. The number of anilines is 1. The standard InChI is InChI=1S/C33H28N2O4S/c1-22-17-19-25(20-18-22)40(38,39)35-30(36)29-28(23-11-5-3-6-12-23)32(21-33(29,35)24-13-7-4-8-14-24)26-15-9-10-16-27(26)34(2)31(32)37/h3-20,28-29H,21H2,1-2H3/t28-,29+,32-,33-/m0/s1. The molecule has 7 rings (SSSR count). The highest BCUT2D eigenvalue weighted by molar-refractivity contribution is 7.89. The molecule has 2 aliphatic heterocycles. The summed E-state index contributed by atoms with van der Waals surface area (Å²) in [6.07, 6.45) is 0.158. The number of carbonyl (C=O) groups is 2. The molecule has 0 bridgehead atoms. The summed E-state index contributed by atoms with van der Waals surface area (Å²) in [5.41, 5.74) is 1.75. The molecule has 1 spiro atoms. The second-order valence-electron chi connectivity index (χ2n) is 11.1. The van der Waals surface area contributed by atoms with E-state index in [-0.39, 0.29) is 17.2 Å². The van der Waals surface area contributed by atoms with Gasteiger partial charge in [-0.3, -0.25) is 9.59 Å². The Bertz CT molecular complexity index is 1770. The Labute approximate surface area is 233 Å². The summed E-state index contributed by atoms with van der Waals surface area (Å²) in [6, 6.07) is 33.2. The van der Waals surface area contributed by atoms with E-state index in [9.17, 15) is 18.0 Å². The zero-order valence-electron chi connectivity index (χ0n) is 22.2. The van der Waals surface area contributed by atoms with Crippen molar-refractivity contribution in [2.45, 2.75) is 35.1 Å². The van der Waals surface area contributed by atoms with Gasteiger partial charge in [-0.25, -0.2) is 12.7 Å². The van der Waals surface area contributed by atoms with E-state index in [4.69, 9.17) is 0 Å². The average molecular weight is 549 g/mol. The third kappa shape index (κ3) is 2.96. The lowest BCUT2D eigenvalue weighted by atomic mass is 9.66. The van der Waals surface area contributed by atoms with Crippen molar-refractivity contribution >= 4 is 27.5 Å². The molecule has 1 saturated carbocycles. The number of amides is 2. The van der Waals surface area contributed by atoms with Gasteiger partial charge in [-0.15, -0.1) is 0 Å². The van der Waals surface area contributed by atoms with Crippen LogP contribution in [0.25, 0.3) is 0 Å². The van der Waals surface area contributed by atoms with Crippen LogP contribution in [0.4, 0.5) is 5.69 Å². The molecule has 1 aliphatic carbocycles. The number of para-hydroxylation sites is 1. The molecule has 4 aromatic rings. The fourth-order valence-electron chi connectivity index (χ4n) is 7.56. The quantitative estimate of drug-likeness (QED) is 0.331. The van der Waals surface area contributed by atoms with E-state index in [1.165, 1.54) is 0 Å². The Balaban J connectivity index is 1.53. The van der Waals surface area contributed by atoms with Crippen molar-refractivity contribution in [1.82, 2.24) is 4.31 Å². The second kappa shape index (κ2) is 8.38. The van der Waals surface area contributed by atoms with Crippen LogP contribution in [0.5, 0.6) is 0 Å². The average Bonchev–Trinajstić information content (AvgIpc) is 3.37. The molecule has 2 amide bonds. The van der Waals surface area contributed by atoms with Crippen molar-refractivity contribution in [2.75, 3.05) is 11.9 Å². The topological polar surface area (TPSA) is 74.8 Å². The normalized spacial score (nSPS) is 27.1. The smallest absolute Gasteiger partial charge is 0.267 e. The SMILES string of the molecule is Cc1ccc(S(=O)(=O)N2C(=O)[C@H]3[C@H](c4ccccc4)[C@@]4(C[C@]32c2ccccc2)C(=O)N(C)c2ccccc24)cc1. The second-order valence-corrected chi connectivity index (χ2v) is 12.9. The first kappa shape index (κ1) is 24.8. The van der Waals surface area contributed by atoms with Crippen molar-refractivity contribution in [3.05, 3.63) is 131 Å². The molecule has 40 heavy (non-hydrogen) atoms. The van der Waals surface area contributed by atoms with Crippen LogP contribution in [0.1, 0.15) is 34.6 Å². The molecule has 2 heterocycles. The minimum atomic E-state index is -4.23. The molecule has 4 aromatic carbocycles. The third-order valence-electron chi connectivity index (χ3n) is 9.18. The van der Waals surface area contributed by atoms with Crippen LogP contribution in [-0.4, -0.2) is 31.6 Å². The zero-order chi connectivity index (χ0) is 27.9. The number of rotatable bonds is 4. The predicted molar refractivity (Wildman–Crippen MR) is 152 cm³/mol. The van der Waals surface area contributed by atoms with Gasteiger partial charge in [0.05, 0.1) is 21.8 Å². The highest BCUT2D eigenvalue weighted by Gasteiger charge is 2.80. The summed E-state index contributed by atoms with van der Waals surface area (Å²) in [4.78, 5) is 30.6. The van der Waals surface area contributed by atoms with Crippen LogP contribution in [0.2, 0.25) is 0 Å². The van der Waals surface area contributed by atoms with Gasteiger partial charge in [0.2, 0.25) is 11.8 Å². The molecular formula is C33H28N2O4S. The van der Waals surface area contributed by atoms with E-state index in [0.29, 0.717) is 5.56 Å². The minimum Gasteiger partial charge on any atom is -0.314 e. The molecule has 0 radical (unpaired) electrons. The Hall–Kier alpha value is -4.23. The van der Waals surface area contributed by atoms with Crippen LogP contribution in [-0.2, 0) is 30.6 Å². The third-order valence-corrected chi connectivity index (χ3v) is 11.0. The molecule has 2 fully saturated rings. The maximum Gasteiger partial charge on any atom is 0.267 e. The van der Waals surface area contributed by atoms with E-state index in [1.54, 1.807) is 36.2 Å². The Morgan fingerprint density at radius 2 is 1.35 bits per heavy atom. The fourth-order valence-corrected chi connectivity index (χ4v) is 9.31. The van der Waals surface area contributed by atoms with Crippen LogP contribution >= 0.6 is 0 Å². The van der Waals surface area contributed by atoms with Gasteiger partial charge >= 0.3 is 0 Å². The first-order valence-corrected chi connectivity index (χ1v) is 14.8. The van der Waals surface area contributed by atoms with E-state index in [2.05, 4.69) is 0 Å².